The zero-order valence-corrected chi connectivity index (χ0v) is 23.0. The minimum absolute atomic E-state index is 0.0492. The molecule has 11 rings (SSSR count). The number of para-hydroxylation sites is 5. The lowest BCUT2D eigenvalue weighted by Gasteiger charge is -2.47. The zero-order chi connectivity index (χ0) is 27.8. The molecular formula is C38H22BN3O. The SMILES string of the molecule is c1ccc2c(c1)-c1cccc3c1B1c4c(c5ccccc5n4-c4ccccc4N12)N3c1ccc2oc3ccccc3c2c1. The van der Waals surface area contributed by atoms with Crippen molar-refractivity contribution in [3.05, 3.63) is 133 Å². The van der Waals surface area contributed by atoms with Gasteiger partial charge in [-0.25, -0.2) is 0 Å². The van der Waals surface area contributed by atoms with Gasteiger partial charge in [0.15, 0.2) is 0 Å². The van der Waals surface area contributed by atoms with Gasteiger partial charge >= 0.3 is 6.85 Å². The number of hydrogen-bond donors (Lipinski definition) is 0. The Balaban J connectivity index is 1.33. The van der Waals surface area contributed by atoms with Crippen molar-refractivity contribution in [1.82, 2.24) is 4.57 Å². The molecule has 0 saturated carbocycles. The molecule has 5 heteroatoms. The summed E-state index contributed by atoms with van der Waals surface area (Å²) in [7, 11) is 0. The van der Waals surface area contributed by atoms with E-state index in [9.17, 15) is 0 Å². The first-order chi connectivity index (χ1) is 21.4. The summed E-state index contributed by atoms with van der Waals surface area (Å²) >= 11 is 0. The Labute approximate surface area is 247 Å². The standard InChI is InChI=1S/C38H22BN3O/c1-5-15-30-24(10-1)26-13-9-18-33-36(26)39-38-37(40(33)23-20-21-35-28(22-23)25-11-3-8-19-34(25)43-35)27-12-2-4-14-29(27)41(38)31-16-6-7-17-32(31)42(30)39/h1-22H. The van der Waals surface area contributed by atoms with Crippen LogP contribution in [0.4, 0.5) is 28.4 Å². The smallest absolute Gasteiger partial charge is 0.351 e. The molecule has 0 saturated heterocycles. The Morgan fingerprint density at radius 3 is 2.14 bits per heavy atom. The van der Waals surface area contributed by atoms with Crippen LogP contribution in [0.25, 0.3) is 49.7 Å². The summed E-state index contributed by atoms with van der Waals surface area (Å²) in [6, 6.07) is 48.5. The Morgan fingerprint density at radius 2 is 1.21 bits per heavy atom. The van der Waals surface area contributed by atoms with Crippen LogP contribution in [0.5, 0.6) is 0 Å². The van der Waals surface area contributed by atoms with Crippen molar-refractivity contribution in [2.75, 3.05) is 9.71 Å². The molecule has 0 bridgehead atoms. The van der Waals surface area contributed by atoms with E-state index in [2.05, 4.69) is 142 Å². The van der Waals surface area contributed by atoms with E-state index < -0.39 is 0 Å². The molecule has 0 spiro atoms. The quantitative estimate of drug-likeness (QED) is 0.193. The van der Waals surface area contributed by atoms with Crippen molar-refractivity contribution in [1.29, 1.82) is 0 Å². The predicted molar refractivity (Wildman–Crippen MR) is 178 cm³/mol. The van der Waals surface area contributed by atoms with Crippen molar-refractivity contribution in [3.8, 4) is 16.8 Å². The Hall–Kier alpha value is -5.68. The lowest BCUT2D eigenvalue weighted by molar-refractivity contribution is 0.669. The summed E-state index contributed by atoms with van der Waals surface area (Å²) in [5.74, 6) is 0. The van der Waals surface area contributed by atoms with Crippen LogP contribution in [0, 0.1) is 0 Å². The average molecular weight is 547 g/mol. The van der Waals surface area contributed by atoms with Crippen LogP contribution in [-0.2, 0) is 0 Å². The Morgan fingerprint density at radius 1 is 0.512 bits per heavy atom. The summed E-state index contributed by atoms with van der Waals surface area (Å²) in [6.07, 6.45) is 0. The maximum Gasteiger partial charge on any atom is 0.351 e. The third-order valence-corrected chi connectivity index (χ3v) is 9.68. The van der Waals surface area contributed by atoms with E-state index in [1.807, 2.05) is 6.07 Å². The molecule has 0 unspecified atom stereocenters. The molecule has 5 heterocycles. The third-order valence-electron chi connectivity index (χ3n) is 9.68. The molecule has 3 aliphatic heterocycles. The summed E-state index contributed by atoms with van der Waals surface area (Å²) in [6.45, 7) is 0.0492. The van der Waals surface area contributed by atoms with Crippen molar-refractivity contribution in [2.45, 2.75) is 0 Å². The van der Waals surface area contributed by atoms with Crippen LogP contribution in [0.1, 0.15) is 0 Å². The Bertz CT molecular complexity index is 2510. The minimum Gasteiger partial charge on any atom is -0.456 e. The molecule has 0 aliphatic carbocycles. The second-order valence-corrected chi connectivity index (χ2v) is 11.7. The van der Waals surface area contributed by atoms with E-state index in [-0.39, 0.29) is 6.85 Å². The highest BCUT2D eigenvalue weighted by Gasteiger charge is 2.50. The molecular weight excluding hydrogens is 525 g/mol. The number of nitrogens with zero attached hydrogens (tertiary/aromatic N) is 3. The second kappa shape index (κ2) is 7.58. The first kappa shape index (κ1) is 22.0. The van der Waals surface area contributed by atoms with Gasteiger partial charge in [0, 0.05) is 44.4 Å². The molecule has 2 aromatic heterocycles. The van der Waals surface area contributed by atoms with Crippen LogP contribution >= 0.6 is 0 Å². The lowest BCUT2D eigenvalue weighted by Crippen LogP contribution is -2.65. The fourth-order valence-corrected chi connectivity index (χ4v) is 8.07. The largest absolute Gasteiger partial charge is 0.456 e. The molecule has 43 heavy (non-hydrogen) atoms. The minimum atomic E-state index is 0.0492. The second-order valence-electron chi connectivity index (χ2n) is 11.7. The maximum atomic E-state index is 6.24. The van der Waals surface area contributed by atoms with Gasteiger partial charge in [0.1, 0.15) is 11.2 Å². The lowest BCUT2D eigenvalue weighted by atomic mass is 9.44. The van der Waals surface area contributed by atoms with E-state index >= 15 is 0 Å². The topological polar surface area (TPSA) is 24.6 Å². The van der Waals surface area contributed by atoms with Crippen molar-refractivity contribution < 1.29 is 4.42 Å². The fraction of sp³-hybridized carbons (Fsp3) is 0. The van der Waals surface area contributed by atoms with Crippen LogP contribution in [-0.4, -0.2) is 11.4 Å². The number of fused-ring (bicyclic) bond motifs is 12. The fourth-order valence-electron chi connectivity index (χ4n) is 8.07. The summed E-state index contributed by atoms with van der Waals surface area (Å²) < 4.78 is 8.76. The molecule has 198 valence electrons. The van der Waals surface area contributed by atoms with E-state index in [4.69, 9.17) is 4.42 Å². The first-order valence-electron chi connectivity index (χ1n) is 14.8. The van der Waals surface area contributed by atoms with Gasteiger partial charge in [0.05, 0.1) is 22.6 Å². The average Bonchev–Trinajstić information content (AvgIpc) is 3.61. The van der Waals surface area contributed by atoms with Gasteiger partial charge < -0.3 is 18.7 Å². The van der Waals surface area contributed by atoms with Crippen LogP contribution in [0.2, 0.25) is 0 Å². The van der Waals surface area contributed by atoms with Gasteiger partial charge in [-0.3, -0.25) is 0 Å². The summed E-state index contributed by atoms with van der Waals surface area (Å²) in [5.41, 5.74) is 15.6. The number of anilines is 5. The van der Waals surface area contributed by atoms with Gasteiger partial charge in [-0.2, -0.15) is 0 Å². The first-order valence-corrected chi connectivity index (χ1v) is 14.8. The van der Waals surface area contributed by atoms with E-state index in [1.54, 1.807) is 0 Å². The number of rotatable bonds is 1. The van der Waals surface area contributed by atoms with Crippen LogP contribution in [0.15, 0.2) is 138 Å². The molecule has 0 fully saturated rings. The molecule has 8 aromatic rings. The predicted octanol–water partition coefficient (Wildman–Crippen LogP) is 8.55. The van der Waals surface area contributed by atoms with Gasteiger partial charge in [-0.05, 0) is 65.6 Å². The molecule has 3 aliphatic rings. The van der Waals surface area contributed by atoms with E-state index in [0.717, 1.165) is 27.6 Å². The van der Waals surface area contributed by atoms with Crippen LogP contribution < -0.4 is 20.8 Å². The molecule has 0 amide bonds. The third kappa shape index (κ3) is 2.56. The van der Waals surface area contributed by atoms with Crippen molar-refractivity contribution in [2.24, 2.45) is 0 Å². The number of hydrogen-bond acceptors (Lipinski definition) is 3. The van der Waals surface area contributed by atoms with Crippen molar-refractivity contribution >= 4 is 79.2 Å². The number of furan rings is 1. The zero-order valence-electron chi connectivity index (χ0n) is 23.0. The van der Waals surface area contributed by atoms with Crippen molar-refractivity contribution in [3.63, 3.8) is 0 Å². The Kier molecular flexibility index (Phi) is 3.88. The highest BCUT2D eigenvalue weighted by Crippen LogP contribution is 2.52. The molecule has 4 nitrogen and oxygen atoms in total. The molecule has 0 N–H and O–H groups in total. The monoisotopic (exact) mass is 547 g/mol. The number of aromatic nitrogens is 1. The molecule has 0 atom stereocenters. The van der Waals surface area contributed by atoms with Gasteiger partial charge in [0.2, 0.25) is 0 Å². The van der Waals surface area contributed by atoms with Gasteiger partial charge in [-0.1, -0.05) is 78.9 Å². The maximum absolute atomic E-state index is 6.24. The molecule has 0 radical (unpaired) electrons. The summed E-state index contributed by atoms with van der Waals surface area (Å²) in [4.78, 5) is 5.09. The van der Waals surface area contributed by atoms with E-state index in [1.165, 1.54) is 61.5 Å². The van der Waals surface area contributed by atoms with E-state index in [0.29, 0.717) is 0 Å². The normalized spacial score (nSPS) is 13.9. The number of benzene rings is 6. The van der Waals surface area contributed by atoms with Crippen LogP contribution in [0.3, 0.4) is 0 Å². The van der Waals surface area contributed by atoms with Gasteiger partial charge in [-0.15, -0.1) is 0 Å². The molecule has 6 aromatic carbocycles. The highest BCUT2D eigenvalue weighted by molar-refractivity contribution is 6.94. The highest BCUT2D eigenvalue weighted by atomic mass is 16.3. The summed E-state index contributed by atoms with van der Waals surface area (Å²) in [5, 5.41) is 3.53. The van der Waals surface area contributed by atoms with Gasteiger partial charge in [0.25, 0.3) is 0 Å².